The van der Waals surface area contributed by atoms with Gasteiger partial charge in [0, 0.05) is 29.2 Å². The van der Waals surface area contributed by atoms with Gasteiger partial charge in [0.05, 0.1) is 14.2 Å². The van der Waals surface area contributed by atoms with Crippen molar-refractivity contribution in [1.29, 1.82) is 0 Å². The van der Waals surface area contributed by atoms with E-state index >= 15 is 0 Å². The highest BCUT2D eigenvalue weighted by Gasteiger charge is 2.20. The number of ether oxygens (including phenoxy) is 2. The zero-order valence-electron chi connectivity index (χ0n) is 14.5. The lowest BCUT2D eigenvalue weighted by molar-refractivity contribution is -0.120. The van der Waals surface area contributed by atoms with Gasteiger partial charge >= 0.3 is 0 Å². The predicted octanol–water partition coefficient (Wildman–Crippen LogP) is 2.82. The maximum Gasteiger partial charge on any atom is 0.220 e. The normalized spacial score (nSPS) is 11.2. The molecule has 0 aromatic heterocycles. The molecule has 1 aromatic carbocycles. The molecular weight excluding hydrogens is 312 g/mol. The third-order valence-corrected chi connectivity index (χ3v) is 4.99. The van der Waals surface area contributed by atoms with Crippen molar-refractivity contribution < 1.29 is 14.3 Å². The molecule has 130 valence electrons. The average Bonchev–Trinajstić information content (AvgIpc) is 2.59. The van der Waals surface area contributed by atoms with Crippen molar-refractivity contribution in [3.05, 3.63) is 18.2 Å². The van der Waals surface area contributed by atoms with Gasteiger partial charge in [-0.05, 0) is 31.0 Å². The van der Waals surface area contributed by atoms with Gasteiger partial charge in [0.25, 0.3) is 0 Å². The standard InChI is InChI=1S/C17H28N2O3S/c1-5-17(18,6-2)12-19-16(20)9-10-23-13-7-8-14(21-3)15(11-13)22-4/h7-8,11H,5-6,9-10,12,18H2,1-4H3,(H,19,20). The molecule has 23 heavy (non-hydrogen) atoms. The predicted molar refractivity (Wildman–Crippen MR) is 95.4 cm³/mol. The van der Waals surface area contributed by atoms with E-state index in [9.17, 15) is 4.79 Å². The topological polar surface area (TPSA) is 73.6 Å². The lowest BCUT2D eigenvalue weighted by Crippen LogP contribution is -2.49. The summed E-state index contributed by atoms with van der Waals surface area (Å²) in [7, 11) is 3.22. The van der Waals surface area contributed by atoms with Crippen LogP contribution in [0.2, 0.25) is 0 Å². The summed E-state index contributed by atoms with van der Waals surface area (Å²) in [5.41, 5.74) is 5.88. The highest BCUT2D eigenvalue weighted by molar-refractivity contribution is 7.99. The van der Waals surface area contributed by atoms with Crippen molar-refractivity contribution >= 4 is 17.7 Å². The molecule has 5 nitrogen and oxygen atoms in total. The van der Waals surface area contributed by atoms with Gasteiger partial charge in [-0.15, -0.1) is 11.8 Å². The Labute approximate surface area is 143 Å². The summed E-state index contributed by atoms with van der Waals surface area (Å²) in [4.78, 5) is 13.0. The summed E-state index contributed by atoms with van der Waals surface area (Å²) < 4.78 is 10.5. The summed E-state index contributed by atoms with van der Waals surface area (Å²) in [5, 5.41) is 2.93. The molecule has 0 aliphatic carbocycles. The number of rotatable bonds is 10. The fourth-order valence-electron chi connectivity index (χ4n) is 2.03. The van der Waals surface area contributed by atoms with Crippen LogP contribution in [0.15, 0.2) is 23.1 Å². The Morgan fingerprint density at radius 2 is 1.87 bits per heavy atom. The molecule has 0 atom stereocenters. The number of hydrogen-bond donors (Lipinski definition) is 2. The summed E-state index contributed by atoms with van der Waals surface area (Å²) in [6.07, 6.45) is 2.16. The van der Waals surface area contributed by atoms with E-state index in [1.165, 1.54) is 0 Å². The minimum absolute atomic E-state index is 0.0368. The summed E-state index contributed by atoms with van der Waals surface area (Å²) >= 11 is 1.61. The first-order chi connectivity index (χ1) is 11.0. The minimum Gasteiger partial charge on any atom is -0.493 e. The van der Waals surface area contributed by atoms with Crippen LogP contribution < -0.4 is 20.5 Å². The monoisotopic (exact) mass is 340 g/mol. The van der Waals surface area contributed by atoms with E-state index in [1.54, 1.807) is 26.0 Å². The summed E-state index contributed by atoms with van der Waals surface area (Å²) in [5.74, 6) is 2.14. The van der Waals surface area contributed by atoms with Crippen LogP contribution in [0.5, 0.6) is 11.5 Å². The maximum atomic E-state index is 11.9. The van der Waals surface area contributed by atoms with E-state index in [2.05, 4.69) is 5.32 Å². The van der Waals surface area contributed by atoms with Crippen LogP contribution in [0.25, 0.3) is 0 Å². The second kappa shape index (κ2) is 9.67. The Kier molecular flexibility index (Phi) is 8.26. The third-order valence-electron chi connectivity index (χ3n) is 4.00. The molecule has 0 saturated carbocycles. The Morgan fingerprint density at radius 3 is 2.43 bits per heavy atom. The Balaban J connectivity index is 2.40. The number of benzene rings is 1. The maximum absolute atomic E-state index is 11.9. The highest BCUT2D eigenvalue weighted by Crippen LogP contribution is 2.31. The van der Waals surface area contributed by atoms with E-state index < -0.39 is 0 Å². The van der Waals surface area contributed by atoms with Crippen molar-refractivity contribution in [1.82, 2.24) is 5.32 Å². The molecular formula is C17H28N2O3S. The van der Waals surface area contributed by atoms with Crippen molar-refractivity contribution in [2.75, 3.05) is 26.5 Å². The molecule has 0 fully saturated rings. The van der Waals surface area contributed by atoms with Crippen LogP contribution in [-0.2, 0) is 4.79 Å². The van der Waals surface area contributed by atoms with E-state index in [-0.39, 0.29) is 11.4 Å². The molecule has 3 N–H and O–H groups in total. The molecule has 1 rings (SSSR count). The van der Waals surface area contributed by atoms with Crippen LogP contribution in [0, 0.1) is 0 Å². The van der Waals surface area contributed by atoms with Gasteiger partial charge in [-0.3, -0.25) is 4.79 Å². The molecule has 0 bridgehead atoms. The van der Waals surface area contributed by atoms with Gasteiger partial charge in [-0.1, -0.05) is 13.8 Å². The molecule has 0 aliphatic rings. The van der Waals surface area contributed by atoms with E-state index in [1.807, 2.05) is 32.0 Å². The fraction of sp³-hybridized carbons (Fsp3) is 0.588. The minimum atomic E-state index is -0.299. The fourth-order valence-corrected chi connectivity index (χ4v) is 2.91. The molecule has 0 heterocycles. The second-order valence-corrected chi connectivity index (χ2v) is 6.63. The SMILES string of the molecule is CCC(N)(CC)CNC(=O)CCSc1ccc(OC)c(OC)c1. The van der Waals surface area contributed by atoms with Crippen LogP contribution in [0.1, 0.15) is 33.1 Å². The number of carbonyl (C=O) groups excluding carboxylic acids is 1. The molecule has 0 spiro atoms. The lowest BCUT2D eigenvalue weighted by Gasteiger charge is -2.26. The number of methoxy groups -OCH3 is 2. The van der Waals surface area contributed by atoms with Gasteiger partial charge < -0.3 is 20.5 Å². The summed E-state index contributed by atoms with van der Waals surface area (Å²) in [6.45, 7) is 4.62. The lowest BCUT2D eigenvalue weighted by atomic mass is 9.94. The molecule has 1 aromatic rings. The van der Waals surface area contributed by atoms with Crippen molar-refractivity contribution in [2.24, 2.45) is 5.73 Å². The largest absolute Gasteiger partial charge is 0.493 e. The number of thioether (sulfide) groups is 1. The van der Waals surface area contributed by atoms with Gasteiger partial charge in [0.2, 0.25) is 5.91 Å². The number of hydrogen-bond acceptors (Lipinski definition) is 5. The van der Waals surface area contributed by atoms with Gasteiger partial charge in [0.1, 0.15) is 0 Å². The van der Waals surface area contributed by atoms with Crippen LogP contribution in [-0.4, -0.2) is 38.0 Å². The molecule has 0 aliphatic heterocycles. The van der Waals surface area contributed by atoms with Crippen LogP contribution in [0.3, 0.4) is 0 Å². The summed E-state index contributed by atoms with van der Waals surface area (Å²) in [6, 6.07) is 5.75. The van der Waals surface area contributed by atoms with Crippen molar-refractivity contribution in [2.45, 2.75) is 43.5 Å². The van der Waals surface area contributed by atoms with Gasteiger partial charge in [0.15, 0.2) is 11.5 Å². The van der Waals surface area contributed by atoms with E-state index in [0.717, 1.165) is 17.7 Å². The molecule has 0 radical (unpaired) electrons. The zero-order chi connectivity index (χ0) is 17.3. The molecule has 0 saturated heterocycles. The first-order valence-corrected chi connectivity index (χ1v) is 8.87. The molecule has 1 amide bonds. The van der Waals surface area contributed by atoms with Crippen LogP contribution >= 0.6 is 11.8 Å². The van der Waals surface area contributed by atoms with Crippen molar-refractivity contribution in [3.8, 4) is 11.5 Å². The van der Waals surface area contributed by atoms with E-state index in [4.69, 9.17) is 15.2 Å². The Morgan fingerprint density at radius 1 is 1.22 bits per heavy atom. The smallest absolute Gasteiger partial charge is 0.220 e. The number of carbonyl (C=O) groups is 1. The Hall–Kier alpha value is -1.40. The quantitative estimate of drug-likeness (QED) is 0.641. The van der Waals surface area contributed by atoms with Crippen LogP contribution in [0.4, 0.5) is 0 Å². The number of amides is 1. The average molecular weight is 340 g/mol. The number of nitrogens with two attached hydrogens (primary N) is 1. The molecule has 6 heteroatoms. The first-order valence-electron chi connectivity index (χ1n) is 7.88. The highest BCUT2D eigenvalue weighted by atomic mass is 32.2. The van der Waals surface area contributed by atoms with E-state index in [0.29, 0.717) is 30.2 Å². The van der Waals surface area contributed by atoms with Gasteiger partial charge in [-0.25, -0.2) is 0 Å². The number of nitrogens with one attached hydrogen (secondary N) is 1. The van der Waals surface area contributed by atoms with Crippen molar-refractivity contribution in [3.63, 3.8) is 0 Å². The third kappa shape index (κ3) is 6.31. The van der Waals surface area contributed by atoms with Gasteiger partial charge in [-0.2, -0.15) is 0 Å². The first kappa shape index (κ1) is 19.6. The second-order valence-electron chi connectivity index (χ2n) is 5.46. The molecule has 0 unspecified atom stereocenters. The zero-order valence-corrected chi connectivity index (χ0v) is 15.3. The Bertz CT molecular complexity index is 505.